The summed E-state index contributed by atoms with van der Waals surface area (Å²) in [5.74, 6) is -1.82. The third kappa shape index (κ3) is 87.9. The van der Waals surface area contributed by atoms with Gasteiger partial charge >= 0.3 is 49.4 Å². The Kier molecular flexibility index (Phi) is 92.4. The van der Waals surface area contributed by atoms with Gasteiger partial charge in [0.2, 0.25) is 0 Å². The smallest absolute Gasteiger partial charge is 0 e. The van der Waals surface area contributed by atoms with Crippen LogP contribution in [0.5, 0.6) is 0 Å². The maximum Gasteiger partial charge on any atom is 0 e. The van der Waals surface area contributed by atoms with Gasteiger partial charge in [0.25, 0.3) is 0 Å². The fourth-order valence-corrected chi connectivity index (χ4v) is 1.49. The molecule has 0 aliphatic carbocycles. The second-order valence-corrected chi connectivity index (χ2v) is 19.2. The maximum absolute atomic E-state index is 10.4. The van der Waals surface area contributed by atoms with Crippen LogP contribution in [0.2, 0.25) is 0 Å². The molecule has 0 saturated heterocycles. The van der Waals surface area contributed by atoms with Gasteiger partial charge in [0.15, 0.2) is 53.0 Å². The van der Waals surface area contributed by atoms with Crippen LogP contribution < -0.4 is 0 Å². The zero-order valence-corrected chi connectivity index (χ0v) is 34.6. The normalized spacial score (nSPS) is 10.9. The molecule has 2 N–H and O–H groups in total. The van der Waals surface area contributed by atoms with Crippen LogP contribution in [0, 0.1) is 0 Å². The number of aliphatic hydroxyl groups excluding tert-OH is 1. The predicted molar refractivity (Wildman–Crippen MR) is 210 cm³/mol. The Balaban J connectivity index is -0.0000000418. The average molecular weight is 1030 g/mol. The van der Waals surface area contributed by atoms with E-state index in [1.807, 2.05) is 0 Å². The molecule has 0 aromatic carbocycles. The number of halogens is 2. The van der Waals surface area contributed by atoms with E-state index >= 15 is 0 Å². The molecule has 14 nitrogen and oxygen atoms in total. The zero-order chi connectivity index (χ0) is 37.6. The molecular weight excluding hydrogens is 976 g/mol. The van der Waals surface area contributed by atoms with Crippen LogP contribution in [0.4, 0.5) is 0 Å². The molecule has 0 aromatic heterocycles. The van der Waals surface area contributed by atoms with Crippen molar-refractivity contribution in [3.05, 3.63) is 60.1 Å². The Labute approximate surface area is 346 Å². The second kappa shape index (κ2) is 60.2. The molecule has 0 aromatic rings. The number of Topliss-reactive ketones (excluding diaryl/α,β-unsaturated/α-hetero) is 1. The third-order valence-electron chi connectivity index (χ3n) is 3.53. The SMILES string of the molecule is C.C.C.C.CC(=O)/C=C\C=O.CO/C(=C/C=O)C(C)=O.CO/C(C=O)=C/C(C)=O.COC(C)(O)/C=C\C=O.COC(O)/C=C\C(C)=O.[I][V][I].[V]. The van der Waals surface area contributed by atoms with Crippen molar-refractivity contribution in [1.82, 2.24) is 0 Å². The third-order valence-corrected chi connectivity index (χ3v) is 3.53. The molecule has 0 bridgehead atoms. The Morgan fingerprint density at radius 1 is 0.745 bits per heavy atom. The summed E-state index contributed by atoms with van der Waals surface area (Å²) in [4.78, 5) is 79.7. The summed E-state index contributed by atoms with van der Waals surface area (Å²) in [7, 11) is 6.02. The van der Waals surface area contributed by atoms with E-state index in [-0.39, 0.29) is 82.9 Å². The van der Waals surface area contributed by atoms with E-state index in [1.54, 1.807) is 0 Å². The summed E-state index contributed by atoms with van der Waals surface area (Å²) < 4.78 is 18.0. The van der Waals surface area contributed by atoms with Gasteiger partial charge in [-0.2, -0.15) is 0 Å². The molecule has 0 aliphatic rings. The first-order valence-corrected chi connectivity index (χ1v) is 21.2. The number of ketones is 4. The topological polar surface area (TPSA) is 214 Å². The van der Waals surface area contributed by atoms with Gasteiger partial charge in [-0.1, -0.05) is 29.7 Å². The van der Waals surface area contributed by atoms with Crippen LogP contribution in [0.1, 0.15) is 64.3 Å². The van der Waals surface area contributed by atoms with Crippen LogP contribution in [-0.2, 0) is 85.3 Å². The number of hydrogen-bond acceptors (Lipinski definition) is 14. The Bertz CT molecular complexity index is 1040. The summed E-state index contributed by atoms with van der Waals surface area (Å²) in [6.07, 6.45) is 10.8. The number of rotatable bonds is 14. The molecule has 2 atom stereocenters. The Hall–Kier alpha value is -1.87. The Morgan fingerprint density at radius 3 is 1.35 bits per heavy atom. The minimum Gasteiger partial charge on any atom is 0 e. The largest absolute Gasteiger partial charge is 0 e. The fourth-order valence-electron chi connectivity index (χ4n) is 1.49. The van der Waals surface area contributed by atoms with E-state index < -0.39 is 12.1 Å². The molecule has 0 saturated carbocycles. The molecule has 0 aliphatic heterocycles. The molecule has 51 heavy (non-hydrogen) atoms. The van der Waals surface area contributed by atoms with E-state index in [0.29, 0.717) is 34.6 Å². The van der Waals surface area contributed by atoms with Crippen LogP contribution >= 0.6 is 40.0 Å². The maximum atomic E-state index is 10.4. The van der Waals surface area contributed by atoms with Crippen LogP contribution in [0.3, 0.4) is 0 Å². The quantitative estimate of drug-likeness (QED) is 0.0729. The summed E-state index contributed by atoms with van der Waals surface area (Å²) in [5.41, 5.74) is 0. The van der Waals surface area contributed by atoms with E-state index in [9.17, 15) is 38.4 Å². The van der Waals surface area contributed by atoms with Crippen molar-refractivity contribution in [2.24, 2.45) is 0 Å². The van der Waals surface area contributed by atoms with Crippen molar-refractivity contribution in [3.8, 4) is 0 Å². The first kappa shape index (κ1) is 78.3. The predicted octanol–water partition coefficient (Wildman–Crippen LogP) is 5.44. The monoisotopic (exact) mass is 1030 g/mol. The second-order valence-electron chi connectivity index (χ2n) is 7.43. The number of hydrogen-bond donors (Lipinski definition) is 2. The van der Waals surface area contributed by atoms with Gasteiger partial charge in [-0.3, -0.25) is 38.4 Å². The van der Waals surface area contributed by atoms with Gasteiger partial charge in [-0.25, -0.2) is 0 Å². The Morgan fingerprint density at radius 2 is 1.18 bits per heavy atom. The number of carbonyl (C=O) groups excluding carboxylic acids is 8. The van der Waals surface area contributed by atoms with E-state index in [0.717, 1.165) is 12.2 Å². The molecule has 0 fully saturated rings. The van der Waals surface area contributed by atoms with Gasteiger partial charge in [-0.15, -0.1) is 0 Å². The minimum atomic E-state index is -1.32. The van der Waals surface area contributed by atoms with Crippen molar-refractivity contribution in [1.29, 1.82) is 0 Å². The molecular formula is C33H58I2O14V2. The van der Waals surface area contributed by atoms with Crippen LogP contribution in [-0.4, -0.2) is 99.0 Å². The van der Waals surface area contributed by atoms with Crippen molar-refractivity contribution in [2.75, 3.05) is 28.4 Å². The standard InChI is InChI=1S/C6H8O3.C6H10O3.C6H8O3.C6H10O3.C5H6O2.4CH4.2HI.2V/c1-5(8)3-6(4-7)9-2;1-6(8,9-2)4-3-5-7;1-5(8)6(9-2)3-4-7;1-5(7)3-4-6(8)9-2;1-5(7)3-2-4-6;;;;;;;;/h3-4H,1-2H3;3-5,8H,1-2H3;3-4H,1-2H3;3-4,6,8H,1-2H3;2-4H,1H3;4*1H4;2*1H;;/q;;;;;;;;;;;;+2/p-2/b6-3+;4-3-;6-3+;4-3-;3-2-;;;;;;;;. The number of allylic oxidation sites excluding steroid dienone is 8. The van der Waals surface area contributed by atoms with Crippen molar-refractivity contribution < 1.29 is 95.5 Å². The van der Waals surface area contributed by atoms with Gasteiger partial charge in [0, 0.05) is 51.9 Å². The molecule has 1 radical (unpaired) electrons. The van der Waals surface area contributed by atoms with E-state index in [2.05, 4.69) is 58.9 Å². The van der Waals surface area contributed by atoms with Crippen molar-refractivity contribution >= 4 is 88.2 Å². The van der Waals surface area contributed by atoms with Crippen LogP contribution in [0.15, 0.2) is 60.1 Å². The molecule has 0 spiro atoms. The number of methoxy groups -OCH3 is 4. The molecule has 298 valence electrons. The first-order chi connectivity index (χ1) is 21.4. The molecule has 0 amide bonds. The molecule has 2 unspecified atom stereocenters. The van der Waals surface area contributed by atoms with Gasteiger partial charge in [-0.05, 0) is 64.2 Å². The summed E-state index contributed by atoms with van der Waals surface area (Å²) in [6.45, 7) is 6.91. The molecule has 0 heterocycles. The number of aldehydes is 4. The van der Waals surface area contributed by atoms with Crippen LogP contribution in [0.25, 0.3) is 0 Å². The summed E-state index contributed by atoms with van der Waals surface area (Å²) >= 11 is 4.74. The minimum absolute atomic E-state index is 0. The van der Waals surface area contributed by atoms with Gasteiger partial charge < -0.3 is 29.2 Å². The zero-order valence-electron chi connectivity index (χ0n) is 27.4. The van der Waals surface area contributed by atoms with E-state index in [1.165, 1.54) is 99.5 Å². The number of aliphatic hydroxyl groups is 2. The van der Waals surface area contributed by atoms with Gasteiger partial charge in [0.1, 0.15) is 18.9 Å². The average Bonchev–Trinajstić information content (AvgIpc) is 3.00. The van der Waals surface area contributed by atoms with Crippen molar-refractivity contribution in [2.45, 2.75) is 76.4 Å². The fraction of sp³-hybridized carbons (Fsp3) is 0.455. The van der Waals surface area contributed by atoms with Gasteiger partial charge in [0.05, 0.1) is 14.2 Å². The van der Waals surface area contributed by atoms with E-state index in [4.69, 9.17) is 10.2 Å². The first-order valence-electron chi connectivity index (χ1n) is 12.2. The molecule has 18 heteroatoms. The summed E-state index contributed by atoms with van der Waals surface area (Å²) in [5, 5.41) is 17.6. The van der Waals surface area contributed by atoms with Crippen molar-refractivity contribution in [3.63, 3.8) is 0 Å². The number of ether oxygens (including phenoxy) is 4. The molecule has 0 rings (SSSR count). The summed E-state index contributed by atoms with van der Waals surface area (Å²) in [6, 6.07) is 0. The number of carbonyl (C=O) groups is 8.